The molecule has 1 aromatic carbocycles. The van der Waals surface area contributed by atoms with E-state index in [2.05, 4.69) is 38.0 Å². The number of hydrogen-bond acceptors (Lipinski definition) is 2. The van der Waals surface area contributed by atoms with Crippen LogP contribution in [0.1, 0.15) is 11.4 Å². The van der Waals surface area contributed by atoms with E-state index in [9.17, 15) is 4.79 Å². The molecule has 0 atom stereocenters. The number of benzene rings is 1. The molecule has 0 radical (unpaired) electrons. The molecule has 0 spiro atoms. The van der Waals surface area contributed by atoms with Crippen molar-refractivity contribution in [1.29, 1.82) is 0 Å². The SMILES string of the molecule is O=c1ccnc(CCc2ccc(Br)cc2)[nH]1. The number of nitrogens with one attached hydrogen (secondary N) is 1. The Labute approximate surface area is 102 Å². The Balaban J connectivity index is 2.02. The van der Waals surface area contributed by atoms with Crippen molar-refractivity contribution in [2.75, 3.05) is 0 Å². The van der Waals surface area contributed by atoms with Gasteiger partial charge in [0, 0.05) is 23.2 Å². The lowest BCUT2D eigenvalue weighted by Crippen LogP contribution is -2.09. The van der Waals surface area contributed by atoms with Crippen molar-refractivity contribution >= 4 is 15.9 Å². The first kappa shape index (κ1) is 11.1. The van der Waals surface area contributed by atoms with Crippen LogP contribution in [0.25, 0.3) is 0 Å². The quantitative estimate of drug-likeness (QED) is 0.937. The third-order valence-corrected chi connectivity index (χ3v) is 2.82. The van der Waals surface area contributed by atoms with Crippen LogP contribution in [-0.4, -0.2) is 9.97 Å². The molecule has 0 aliphatic heterocycles. The molecule has 1 heterocycles. The molecular weight excluding hydrogens is 268 g/mol. The molecule has 1 N–H and O–H groups in total. The van der Waals surface area contributed by atoms with E-state index in [0.29, 0.717) is 0 Å². The van der Waals surface area contributed by atoms with Gasteiger partial charge in [0.25, 0.3) is 5.56 Å². The van der Waals surface area contributed by atoms with E-state index in [1.165, 1.54) is 17.8 Å². The van der Waals surface area contributed by atoms with E-state index in [-0.39, 0.29) is 5.56 Å². The molecule has 82 valence electrons. The van der Waals surface area contributed by atoms with E-state index >= 15 is 0 Å². The monoisotopic (exact) mass is 278 g/mol. The Morgan fingerprint density at radius 3 is 2.56 bits per heavy atom. The van der Waals surface area contributed by atoms with E-state index in [1.807, 2.05) is 12.1 Å². The van der Waals surface area contributed by atoms with Gasteiger partial charge in [0.2, 0.25) is 0 Å². The van der Waals surface area contributed by atoms with Crippen molar-refractivity contribution in [3.05, 3.63) is 62.7 Å². The van der Waals surface area contributed by atoms with Gasteiger partial charge < -0.3 is 4.98 Å². The van der Waals surface area contributed by atoms with Crippen molar-refractivity contribution in [2.24, 2.45) is 0 Å². The highest BCUT2D eigenvalue weighted by molar-refractivity contribution is 9.10. The van der Waals surface area contributed by atoms with Gasteiger partial charge in [0.05, 0.1) is 0 Å². The summed E-state index contributed by atoms with van der Waals surface area (Å²) in [4.78, 5) is 17.9. The van der Waals surface area contributed by atoms with Gasteiger partial charge in [0.15, 0.2) is 0 Å². The van der Waals surface area contributed by atoms with Crippen LogP contribution in [0, 0.1) is 0 Å². The van der Waals surface area contributed by atoms with Gasteiger partial charge in [-0.15, -0.1) is 0 Å². The second-order valence-corrected chi connectivity index (χ2v) is 4.42. The summed E-state index contributed by atoms with van der Waals surface area (Å²) >= 11 is 3.39. The Hall–Kier alpha value is -1.42. The van der Waals surface area contributed by atoms with Crippen molar-refractivity contribution in [1.82, 2.24) is 9.97 Å². The smallest absolute Gasteiger partial charge is 0.250 e. The zero-order chi connectivity index (χ0) is 11.4. The lowest BCUT2D eigenvalue weighted by molar-refractivity contribution is 0.847. The maximum absolute atomic E-state index is 11.0. The van der Waals surface area contributed by atoms with Gasteiger partial charge in [-0.3, -0.25) is 4.79 Å². The number of hydrogen-bond donors (Lipinski definition) is 1. The Bertz CT molecular complexity index is 519. The summed E-state index contributed by atoms with van der Waals surface area (Å²) in [7, 11) is 0. The molecule has 0 aliphatic carbocycles. The highest BCUT2D eigenvalue weighted by atomic mass is 79.9. The van der Waals surface area contributed by atoms with Crippen molar-refractivity contribution in [3.8, 4) is 0 Å². The van der Waals surface area contributed by atoms with E-state index in [4.69, 9.17) is 0 Å². The summed E-state index contributed by atoms with van der Waals surface area (Å²) in [6.45, 7) is 0. The predicted octanol–water partition coefficient (Wildman–Crippen LogP) is 2.32. The molecule has 0 saturated heterocycles. The van der Waals surface area contributed by atoms with Crippen molar-refractivity contribution < 1.29 is 0 Å². The molecule has 16 heavy (non-hydrogen) atoms. The number of aromatic amines is 1. The summed E-state index contributed by atoms with van der Waals surface area (Å²) < 4.78 is 1.07. The zero-order valence-corrected chi connectivity index (χ0v) is 10.2. The molecule has 0 aliphatic rings. The second-order valence-electron chi connectivity index (χ2n) is 3.51. The van der Waals surface area contributed by atoms with Gasteiger partial charge in [-0.2, -0.15) is 0 Å². The summed E-state index contributed by atoms with van der Waals surface area (Å²) in [6, 6.07) is 9.56. The minimum absolute atomic E-state index is 0.0965. The van der Waals surface area contributed by atoms with E-state index < -0.39 is 0 Å². The lowest BCUT2D eigenvalue weighted by Gasteiger charge is -2.01. The topological polar surface area (TPSA) is 45.8 Å². The molecule has 0 unspecified atom stereocenters. The highest BCUT2D eigenvalue weighted by Crippen LogP contribution is 2.11. The van der Waals surface area contributed by atoms with Gasteiger partial charge in [-0.25, -0.2) is 4.98 Å². The number of rotatable bonds is 3. The molecule has 2 rings (SSSR count). The largest absolute Gasteiger partial charge is 0.311 e. The Morgan fingerprint density at radius 1 is 1.12 bits per heavy atom. The fourth-order valence-electron chi connectivity index (χ4n) is 1.45. The first-order valence-corrected chi connectivity index (χ1v) is 5.82. The summed E-state index contributed by atoms with van der Waals surface area (Å²) in [5, 5.41) is 0. The lowest BCUT2D eigenvalue weighted by atomic mass is 10.1. The van der Waals surface area contributed by atoms with E-state index in [1.54, 1.807) is 0 Å². The maximum atomic E-state index is 11.0. The summed E-state index contributed by atoms with van der Waals surface area (Å²) in [5.74, 6) is 0.732. The fraction of sp³-hybridized carbons (Fsp3) is 0.167. The predicted molar refractivity (Wildman–Crippen MR) is 66.4 cm³/mol. The highest BCUT2D eigenvalue weighted by Gasteiger charge is 1.97. The number of aromatic nitrogens is 2. The van der Waals surface area contributed by atoms with Crippen LogP contribution in [0.4, 0.5) is 0 Å². The van der Waals surface area contributed by atoms with Crippen LogP contribution in [-0.2, 0) is 12.8 Å². The molecule has 0 amide bonds. The molecule has 0 saturated carbocycles. The minimum Gasteiger partial charge on any atom is -0.311 e. The fourth-order valence-corrected chi connectivity index (χ4v) is 1.72. The van der Waals surface area contributed by atoms with Gasteiger partial charge in [-0.1, -0.05) is 28.1 Å². The Kier molecular flexibility index (Phi) is 3.51. The van der Waals surface area contributed by atoms with Crippen molar-refractivity contribution in [2.45, 2.75) is 12.8 Å². The van der Waals surface area contributed by atoms with E-state index in [0.717, 1.165) is 23.1 Å². The molecule has 1 aromatic heterocycles. The minimum atomic E-state index is -0.0965. The average molecular weight is 279 g/mol. The molecule has 0 fully saturated rings. The number of aryl methyl sites for hydroxylation is 2. The van der Waals surface area contributed by atoms with Crippen LogP contribution in [0.2, 0.25) is 0 Å². The molecular formula is C12H11BrN2O. The first-order chi connectivity index (χ1) is 7.74. The van der Waals surface area contributed by atoms with Crippen LogP contribution in [0.15, 0.2) is 45.8 Å². The third-order valence-electron chi connectivity index (χ3n) is 2.29. The average Bonchev–Trinajstić information content (AvgIpc) is 2.28. The van der Waals surface area contributed by atoms with Crippen molar-refractivity contribution in [3.63, 3.8) is 0 Å². The number of H-pyrrole nitrogens is 1. The number of halogens is 1. The summed E-state index contributed by atoms with van der Waals surface area (Å²) in [5.41, 5.74) is 1.13. The molecule has 3 nitrogen and oxygen atoms in total. The molecule has 4 heteroatoms. The normalized spacial score (nSPS) is 10.3. The standard InChI is InChI=1S/C12H11BrN2O/c13-10-4-1-9(2-5-10)3-6-11-14-8-7-12(16)15-11/h1-2,4-5,7-8H,3,6H2,(H,14,15,16). The van der Waals surface area contributed by atoms with Gasteiger partial charge in [0.1, 0.15) is 5.82 Å². The van der Waals surface area contributed by atoms with Crippen LogP contribution in [0.3, 0.4) is 0 Å². The zero-order valence-electron chi connectivity index (χ0n) is 8.61. The van der Waals surface area contributed by atoms with Gasteiger partial charge in [-0.05, 0) is 24.1 Å². The summed E-state index contributed by atoms with van der Waals surface area (Å²) in [6.07, 6.45) is 3.16. The third kappa shape index (κ3) is 3.03. The Morgan fingerprint density at radius 2 is 1.88 bits per heavy atom. The van der Waals surface area contributed by atoms with Crippen LogP contribution in [0.5, 0.6) is 0 Å². The molecule has 2 aromatic rings. The molecule has 0 bridgehead atoms. The first-order valence-electron chi connectivity index (χ1n) is 5.03. The number of nitrogens with zero attached hydrogens (tertiary/aromatic N) is 1. The van der Waals surface area contributed by atoms with Crippen LogP contribution >= 0.6 is 15.9 Å². The second kappa shape index (κ2) is 5.07. The van der Waals surface area contributed by atoms with Gasteiger partial charge >= 0.3 is 0 Å². The van der Waals surface area contributed by atoms with Crippen LogP contribution < -0.4 is 5.56 Å². The maximum Gasteiger partial charge on any atom is 0.250 e.